The lowest BCUT2D eigenvalue weighted by molar-refractivity contribution is 0.0761. The molecule has 3 aromatic carbocycles. The lowest BCUT2D eigenvalue weighted by Crippen LogP contribution is -2.35. The minimum absolute atomic E-state index is 0.0243. The molecular weight excluding hydrogens is 496 g/mol. The van der Waals surface area contributed by atoms with Crippen LogP contribution in [0.1, 0.15) is 28.8 Å². The Morgan fingerprint density at radius 1 is 0.842 bits per heavy atom. The van der Waals surface area contributed by atoms with Crippen LogP contribution in [0.15, 0.2) is 96.0 Å². The summed E-state index contributed by atoms with van der Waals surface area (Å²) < 4.78 is 28.8. The second-order valence-electron chi connectivity index (χ2n) is 9.59. The number of carbonyl (C=O) groups is 1. The van der Waals surface area contributed by atoms with Gasteiger partial charge in [-0.15, -0.1) is 0 Å². The number of fused-ring (bicyclic) bond motifs is 1. The maximum absolute atomic E-state index is 13.2. The van der Waals surface area contributed by atoms with E-state index in [1.807, 2.05) is 23.1 Å². The van der Waals surface area contributed by atoms with Gasteiger partial charge in [0.1, 0.15) is 4.90 Å². The molecule has 0 radical (unpaired) electrons. The number of anilines is 1. The number of aryl methyl sites for hydroxylation is 1. The molecule has 1 aliphatic rings. The number of pyridine rings is 1. The van der Waals surface area contributed by atoms with Crippen molar-refractivity contribution in [2.45, 2.75) is 24.2 Å². The van der Waals surface area contributed by atoms with E-state index in [9.17, 15) is 13.2 Å². The number of para-hydroxylation sites is 1. The number of rotatable bonds is 8. The van der Waals surface area contributed by atoms with Crippen LogP contribution in [-0.4, -0.2) is 61.8 Å². The van der Waals surface area contributed by atoms with E-state index in [0.29, 0.717) is 23.3 Å². The molecule has 196 valence electrons. The van der Waals surface area contributed by atoms with Crippen LogP contribution in [0, 0.1) is 0 Å². The van der Waals surface area contributed by atoms with E-state index in [1.165, 1.54) is 5.56 Å². The Bertz CT molecular complexity index is 1490. The van der Waals surface area contributed by atoms with Crippen LogP contribution >= 0.6 is 0 Å². The van der Waals surface area contributed by atoms with Crippen LogP contribution in [0.4, 0.5) is 5.69 Å². The molecule has 1 amide bonds. The van der Waals surface area contributed by atoms with Crippen molar-refractivity contribution in [1.29, 1.82) is 0 Å². The lowest BCUT2D eigenvalue weighted by atomic mass is 10.1. The second kappa shape index (κ2) is 11.8. The first-order valence-electron chi connectivity index (χ1n) is 13.0. The molecule has 0 atom stereocenters. The van der Waals surface area contributed by atoms with Gasteiger partial charge in [-0.05, 0) is 74.3 Å². The summed E-state index contributed by atoms with van der Waals surface area (Å²) in [6, 6.07) is 25.8. The van der Waals surface area contributed by atoms with E-state index in [4.69, 9.17) is 0 Å². The molecule has 0 saturated carbocycles. The van der Waals surface area contributed by atoms with Crippen molar-refractivity contribution in [2.75, 3.05) is 37.4 Å². The fourth-order valence-corrected chi connectivity index (χ4v) is 6.15. The highest BCUT2D eigenvalue weighted by Crippen LogP contribution is 2.23. The molecule has 8 heteroatoms. The third-order valence-electron chi connectivity index (χ3n) is 6.93. The first-order valence-corrected chi connectivity index (χ1v) is 14.5. The number of hydrogen-bond acceptors (Lipinski definition) is 5. The maximum atomic E-state index is 13.2. The summed E-state index contributed by atoms with van der Waals surface area (Å²) >= 11 is 0. The predicted molar refractivity (Wildman–Crippen MR) is 151 cm³/mol. The van der Waals surface area contributed by atoms with Crippen molar-refractivity contribution < 1.29 is 13.2 Å². The van der Waals surface area contributed by atoms with E-state index < -0.39 is 10.0 Å². The highest BCUT2D eigenvalue weighted by atomic mass is 32.2. The van der Waals surface area contributed by atoms with Crippen molar-refractivity contribution in [2.24, 2.45) is 0 Å². The highest BCUT2D eigenvalue weighted by Gasteiger charge is 2.21. The van der Waals surface area contributed by atoms with E-state index >= 15 is 0 Å². The van der Waals surface area contributed by atoms with Gasteiger partial charge in [-0.25, -0.2) is 8.42 Å². The van der Waals surface area contributed by atoms with Crippen molar-refractivity contribution in [3.05, 3.63) is 102 Å². The second-order valence-corrected chi connectivity index (χ2v) is 11.2. The van der Waals surface area contributed by atoms with Crippen LogP contribution in [-0.2, 0) is 16.4 Å². The molecule has 38 heavy (non-hydrogen) atoms. The molecule has 5 rings (SSSR count). The summed E-state index contributed by atoms with van der Waals surface area (Å²) in [6.45, 7) is 4.28. The van der Waals surface area contributed by atoms with Gasteiger partial charge in [0.25, 0.3) is 15.9 Å². The molecule has 0 aliphatic carbocycles. The van der Waals surface area contributed by atoms with Gasteiger partial charge in [0.05, 0.1) is 5.52 Å². The van der Waals surface area contributed by atoms with Gasteiger partial charge in [-0.1, -0.05) is 48.5 Å². The molecule has 2 heterocycles. The molecule has 0 bridgehead atoms. The van der Waals surface area contributed by atoms with E-state index in [1.54, 1.807) is 48.7 Å². The fraction of sp³-hybridized carbons (Fsp3) is 0.267. The first kappa shape index (κ1) is 25.9. The minimum atomic E-state index is -3.84. The number of sulfonamides is 1. The Morgan fingerprint density at radius 3 is 2.45 bits per heavy atom. The number of carbonyl (C=O) groups excluding carboxylic acids is 1. The topological polar surface area (TPSA) is 82.6 Å². The predicted octanol–water partition coefficient (Wildman–Crippen LogP) is 4.82. The van der Waals surface area contributed by atoms with Crippen molar-refractivity contribution in [3.63, 3.8) is 0 Å². The number of nitrogens with zero attached hydrogens (tertiary/aromatic N) is 3. The number of aromatic nitrogens is 1. The molecule has 1 saturated heterocycles. The Balaban J connectivity index is 1.17. The maximum Gasteiger partial charge on any atom is 0.264 e. The summed E-state index contributed by atoms with van der Waals surface area (Å²) in [6.07, 6.45) is 4.68. The van der Waals surface area contributed by atoms with E-state index in [0.717, 1.165) is 50.8 Å². The molecule has 0 spiro atoms. The SMILES string of the molecule is O=C(c1ccc(NS(=O)(=O)c2cccc3cccnc23)cc1)N1CCCN(CCCc2ccccc2)CC1. The summed E-state index contributed by atoms with van der Waals surface area (Å²) in [5, 5.41) is 0.753. The number of amides is 1. The average Bonchev–Trinajstić information content (AvgIpc) is 3.19. The monoisotopic (exact) mass is 528 g/mol. The molecular formula is C30H32N4O3S. The largest absolute Gasteiger partial charge is 0.337 e. The van der Waals surface area contributed by atoms with Crippen molar-refractivity contribution >= 4 is 32.5 Å². The van der Waals surface area contributed by atoms with Gasteiger partial charge in [0.2, 0.25) is 0 Å². The Labute approximate surface area is 224 Å². The Morgan fingerprint density at radius 2 is 1.63 bits per heavy atom. The normalized spacial score (nSPS) is 14.8. The first-order chi connectivity index (χ1) is 18.5. The molecule has 1 N–H and O–H groups in total. The van der Waals surface area contributed by atoms with Crippen LogP contribution in [0.5, 0.6) is 0 Å². The highest BCUT2D eigenvalue weighted by molar-refractivity contribution is 7.93. The number of benzene rings is 3. The van der Waals surface area contributed by atoms with Crippen LogP contribution < -0.4 is 4.72 Å². The third-order valence-corrected chi connectivity index (χ3v) is 8.34. The minimum Gasteiger partial charge on any atom is -0.337 e. The Hall–Kier alpha value is -3.75. The summed E-state index contributed by atoms with van der Waals surface area (Å²) in [5.74, 6) is -0.0243. The van der Waals surface area contributed by atoms with Gasteiger partial charge in [0, 0.05) is 42.5 Å². The van der Waals surface area contributed by atoms with E-state index in [2.05, 4.69) is 38.9 Å². The van der Waals surface area contributed by atoms with Gasteiger partial charge in [-0.2, -0.15) is 0 Å². The summed E-state index contributed by atoms with van der Waals surface area (Å²) in [7, 11) is -3.84. The molecule has 0 unspecified atom stereocenters. The van der Waals surface area contributed by atoms with Crippen LogP contribution in [0.3, 0.4) is 0 Å². The zero-order chi connectivity index (χ0) is 26.4. The van der Waals surface area contributed by atoms with Crippen molar-refractivity contribution in [1.82, 2.24) is 14.8 Å². The molecule has 7 nitrogen and oxygen atoms in total. The average molecular weight is 529 g/mol. The quantitative estimate of drug-likeness (QED) is 0.355. The zero-order valence-electron chi connectivity index (χ0n) is 21.3. The van der Waals surface area contributed by atoms with Crippen LogP contribution in [0.25, 0.3) is 10.9 Å². The molecule has 4 aromatic rings. The summed E-state index contributed by atoms with van der Waals surface area (Å²) in [5.41, 5.74) is 2.73. The van der Waals surface area contributed by atoms with Gasteiger partial charge >= 0.3 is 0 Å². The molecule has 1 aromatic heterocycles. The van der Waals surface area contributed by atoms with Gasteiger partial charge in [-0.3, -0.25) is 14.5 Å². The van der Waals surface area contributed by atoms with Gasteiger partial charge in [0.15, 0.2) is 0 Å². The number of hydrogen-bond donors (Lipinski definition) is 1. The molecule has 1 fully saturated rings. The standard InChI is InChI=1S/C30H32N4O3S/c35-30(34-21-7-20-33(22-23-34)19-6-10-24-8-2-1-3-9-24)26-14-16-27(17-15-26)32-38(36,37)28-13-4-11-25-12-5-18-31-29(25)28/h1-5,8-9,11-18,32H,6-7,10,19-23H2. The van der Waals surface area contributed by atoms with Crippen molar-refractivity contribution in [3.8, 4) is 0 Å². The summed E-state index contributed by atoms with van der Waals surface area (Å²) in [4.78, 5) is 21.9. The zero-order valence-corrected chi connectivity index (χ0v) is 22.1. The van der Waals surface area contributed by atoms with Gasteiger partial charge < -0.3 is 9.80 Å². The lowest BCUT2D eigenvalue weighted by Gasteiger charge is -2.22. The van der Waals surface area contributed by atoms with Crippen LogP contribution in [0.2, 0.25) is 0 Å². The number of nitrogens with one attached hydrogen (secondary N) is 1. The molecule has 1 aliphatic heterocycles. The third kappa shape index (κ3) is 6.20. The Kier molecular flexibility index (Phi) is 8.00. The smallest absolute Gasteiger partial charge is 0.264 e. The van der Waals surface area contributed by atoms with E-state index in [-0.39, 0.29) is 10.8 Å². The fourth-order valence-electron chi connectivity index (χ4n) is 4.92.